The van der Waals surface area contributed by atoms with Gasteiger partial charge in [-0.25, -0.2) is 0 Å². The number of hydrogen-bond acceptors (Lipinski definition) is 4. The minimum absolute atomic E-state index is 0.354. The monoisotopic (exact) mass is 372 g/mol. The first-order chi connectivity index (χ1) is 13.6. The van der Waals surface area contributed by atoms with Crippen molar-refractivity contribution in [3.8, 4) is 17.2 Å². The van der Waals surface area contributed by atoms with Crippen LogP contribution in [0.2, 0.25) is 0 Å². The molecule has 6 nitrogen and oxygen atoms in total. The fraction of sp³-hybridized carbons (Fsp3) is 0. The van der Waals surface area contributed by atoms with Crippen LogP contribution < -0.4 is 15.6 Å². The molecule has 4 aromatic rings. The predicted molar refractivity (Wildman–Crippen MR) is 107 cm³/mol. The number of fused-ring (bicyclic) bond motifs is 1. The summed E-state index contributed by atoms with van der Waals surface area (Å²) in [4.78, 5) is 27.7. The Balaban J connectivity index is 1.68. The zero-order chi connectivity index (χ0) is 19.5. The number of pyridine rings is 1. The van der Waals surface area contributed by atoms with Crippen LogP contribution in [0.25, 0.3) is 10.9 Å². The maximum atomic E-state index is 12.8. The molecule has 1 amide bonds. The molecule has 0 fully saturated rings. The van der Waals surface area contributed by atoms with E-state index in [0.717, 1.165) is 0 Å². The number of amides is 1. The Hall–Kier alpha value is -4.06. The number of aromatic amines is 1. The van der Waals surface area contributed by atoms with E-state index in [-0.39, 0.29) is 11.3 Å². The molecule has 3 aromatic carbocycles. The number of hydrogen-bond donors (Lipinski definition) is 3. The smallest absolute Gasteiger partial charge is 0.265 e. The maximum Gasteiger partial charge on any atom is 0.265 e. The number of aromatic hydroxyl groups is 1. The fourth-order valence-electron chi connectivity index (χ4n) is 2.90. The van der Waals surface area contributed by atoms with Crippen molar-refractivity contribution in [1.82, 2.24) is 4.98 Å². The molecule has 0 radical (unpaired) electrons. The van der Waals surface area contributed by atoms with Gasteiger partial charge in [-0.05, 0) is 36.4 Å². The van der Waals surface area contributed by atoms with Crippen molar-refractivity contribution in [2.75, 3.05) is 5.32 Å². The van der Waals surface area contributed by atoms with Gasteiger partial charge in [-0.3, -0.25) is 9.59 Å². The van der Waals surface area contributed by atoms with Crippen molar-refractivity contribution in [1.29, 1.82) is 0 Å². The summed E-state index contributed by atoms with van der Waals surface area (Å²) in [5.41, 5.74) is -0.193. The number of para-hydroxylation sites is 4. The Bertz CT molecular complexity index is 1220. The Kier molecular flexibility index (Phi) is 4.51. The Labute approximate surface area is 160 Å². The summed E-state index contributed by atoms with van der Waals surface area (Å²) in [6.45, 7) is 0. The zero-order valence-corrected chi connectivity index (χ0v) is 14.7. The van der Waals surface area contributed by atoms with E-state index in [1.807, 2.05) is 18.2 Å². The van der Waals surface area contributed by atoms with Gasteiger partial charge in [0, 0.05) is 5.39 Å². The van der Waals surface area contributed by atoms with E-state index < -0.39 is 11.5 Å². The average Bonchev–Trinajstić information content (AvgIpc) is 2.70. The topological polar surface area (TPSA) is 91.4 Å². The quantitative estimate of drug-likeness (QED) is 0.499. The standard InChI is InChI=1S/C22H16N2O4/c25-20-15-10-4-5-11-16(15)23-21(26)19(20)22(27)24-17-12-6-7-13-18(17)28-14-8-2-1-3-9-14/h1-13H,(H,24,27)(H2,23,25,26). The molecular weight excluding hydrogens is 356 g/mol. The highest BCUT2D eigenvalue weighted by molar-refractivity contribution is 6.09. The third kappa shape index (κ3) is 3.31. The molecule has 1 heterocycles. The second-order valence-electron chi connectivity index (χ2n) is 6.09. The van der Waals surface area contributed by atoms with Crippen LogP contribution in [0.1, 0.15) is 10.4 Å². The number of nitrogens with one attached hydrogen (secondary N) is 2. The van der Waals surface area contributed by atoms with Gasteiger partial charge in [-0.2, -0.15) is 0 Å². The number of carbonyl (C=O) groups excluding carboxylic acids is 1. The van der Waals surface area contributed by atoms with Crippen molar-refractivity contribution in [2.24, 2.45) is 0 Å². The Morgan fingerprint density at radius 1 is 0.893 bits per heavy atom. The largest absolute Gasteiger partial charge is 0.506 e. The van der Waals surface area contributed by atoms with Crippen molar-refractivity contribution in [3.63, 3.8) is 0 Å². The van der Waals surface area contributed by atoms with Crippen LogP contribution in [0.5, 0.6) is 17.2 Å². The van der Waals surface area contributed by atoms with Crippen LogP contribution in [-0.2, 0) is 0 Å². The second-order valence-corrected chi connectivity index (χ2v) is 6.09. The van der Waals surface area contributed by atoms with Gasteiger partial charge in [0.05, 0.1) is 11.2 Å². The van der Waals surface area contributed by atoms with E-state index in [9.17, 15) is 14.7 Å². The van der Waals surface area contributed by atoms with Gasteiger partial charge in [-0.15, -0.1) is 0 Å². The summed E-state index contributed by atoms with van der Waals surface area (Å²) >= 11 is 0. The molecule has 0 saturated carbocycles. The highest BCUT2D eigenvalue weighted by Gasteiger charge is 2.20. The second kappa shape index (κ2) is 7.28. The number of carbonyl (C=O) groups is 1. The number of anilines is 1. The first-order valence-corrected chi connectivity index (χ1v) is 8.61. The van der Waals surface area contributed by atoms with Gasteiger partial charge in [-0.1, -0.05) is 42.5 Å². The first-order valence-electron chi connectivity index (χ1n) is 8.61. The number of ether oxygens (including phenoxy) is 1. The number of H-pyrrole nitrogens is 1. The molecule has 0 spiro atoms. The summed E-state index contributed by atoms with van der Waals surface area (Å²) in [5, 5.41) is 13.5. The van der Waals surface area contributed by atoms with Crippen molar-refractivity contribution in [2.45, 2.75) is 0 Å². The lowest BCUT2D eigenvalue weighted by atomic mass is 10.1. The van der Waals surface area contributed by atoms with Crippen molar-refractivity contribution >= 4 is 22.5 Å². The lowest BCUT2D eigenvalue weighted by Crippen LogP contribution is -2.23. The molecule has 28 heavy (non-hydrogen) atoms. The molecular formula is C22H16N2O4. The third-order valence-electron chi connectivity index (χ3n) is 4.23. The molecule has 0 saturated heterocycles. The van der Waals surface area contributed by atoms with Gasteiger partial charge in [0.15, 0.2) is 5.75 Å². The molecule has 4 rings (SSSR count). The van der Waals surface area contributed by atoms with E-state index in [1.54, 1.807) is 60.7 Å². The van der Waals surface area contributed by atoms with Crippen LogP contribution in [0.15, 0.2) is 83.7 Å². The SMILES string of the molecule is O=C(Nc1ccccc1Oc1ccccc1)c1c(O)c2ccccc2[nH]c1=O. The summed E-state index contributed by atoms with van der Waals surface area (Å²) in [6, 6.07) is 22.7. The molecule has 0 aliphatic heterocycles. The van der Waals surface area contributed by atoms with Crippen molar-refractivity contribution < 1.29 is 14.6 Å². The molecule has 0 aliphatic rings. The summed E-state index contributed by atoms with van der Waals surface area (Å²) < 4.78 is 5.81. The summed E-state index contributed by atoms with van der Waals surface area (Å²) in [5.74, 6) is -0.0683. The average molecular weight is 372 g/mol. The highest BCUT2D eigenvalue weighted by atomic mass is 16.5. The highest BCUT2D eigenvalue weighted by Crippen LogP contribution is 2.30. The number of rotatable bonds is 4. The Morgan fingerprint density at radius 3 is 2.39 bits per heavy atom. The van der Waals surface area contributed by atoms with Crippen LogP contribution >= 0.6 is 0 Å². The van der Waals surface area contributed by atoms with Crippen LogP contribution in [0, 0.1) is 0 Å². The summed E-state index contributed by atoms with van der Waals surface area (Å²) in [7, 11) is 0. The van der Waals surface area contributed by atoms with Crippen molar-refractivity contribution in [3.05, 3.63) is 94.8 Å². The van der Waals surface area contributed by atoms with E-state index in [1.165, 1.54) is 0 Å². The van der Waals surface area contributed by atoms with Crippen LogP contribution in [0.4, 0.5) is 5.69 Å². The first kappa shape index (κ1) is 17.4. The van der Waals surface area contributed by atoms with E-state index in [4.69, 9.17) is 4.74 Å². The van der Waals surface area contributed by atoms with Gasteiger partial charge in [0.2, 0.25) is 0 Å². The molecule has 0 atom stereocenters. The van der Waals surface area contributed by atoms with Gasteiger partial charge in [0.1, 0.15) is 17.1 Å². The molecule has 138 valence electrons. The van der Waals surface area contributed by atoms with E-state index in [0.29, 0.717) is 28.1 Å². The molecule has 1 aromatic heterocycles. The van der Waals surface area contributed by atoms with E-state index in [2.05, 4.69) is 10.3 Å². The lowest BCUT2D eigenvalue weighted by Gasteiger charge is -2.13. The van der Waals surface area contributed by atoms with Gasteiger partial charge in [0.25, 0.3) is 11.5 Å². The number of benzene rings is 3. The normalized spacial score (nSPS) is 10.6. The zero-order valence-electron chi connectivity index (χ0n) is 14.7. The van der Waals surface area contributed by atoms with Crippen LogP contribution in [0.3, 0.4) is 0 Å². The molecule has 0 unspecified atom stereocenters. The molecule has 6 heteroatoms. The molecule has 0 aliphatic carbocycles. The maximum absolute atomic E-state index is 12.8. The lowest BCUT2D eigenvalue weighted by molar-refractivity contribution is 0.102. The summed E-state index contributed by atoms with van der Waals surface area (Å²) in [6.07, 6.45) is 0. The Morgan fingerprint density at radius 2 is 1.57 bits per heavy atom. The van der Waals surface area contributed by atoms with Gasteiger partial charge < -0.3 is 20.1 Å². The van der Waals surface area contributed by atoms with E-state index >= 15 is 0 Å². The minimum Gasteiger partial charge on any atom is -0.506 e. The van der Waals surface area contributed by atoms with Crippen LogP contribution in [-0.4, -0.2) is 16.0 Å². The minimum atomic E-state index is -0.728. The third-order valence-corrected chi connectivity index (χ3v) is 4.23. The predicted octanol–water partition coefficient (Wildman–Crippen LogP) is 4.28. The fourth-order valence-corrected chi connectivity index (χ4v) is 2.90. The number of aromatic nitrogens is 1. The van der Waals surface area contributed by atoms with Gasteiger partial charge >= 0.3 is 0 Å². The molecule has 3 N–H and O–H groups in total. The molecule has 0 bridgehead atoms.